The number of aromatic amines is 2. The highest BCUT2D eigenvalue weighted by Crippen LogP contribution is 2.27. The molecule has 0 saturated heterocycles. The summed E-state index contributed by atoms with van der Waals surface area (Å²) in [6.45, 7) is 1.79. The topological polar surface area (TPSA) is 116 Å². The number of aryl methyl sites for hydroxylation is 2. The van der Waals surface area contributed by atoms with Crippen LogP contribution in [-0.4, -0.2) is 35.9 Å². The van der Waals surface area contributed by atoms with Gasteiger partial charge in [0.15, 0.2) is 0 Å². The second-order valence-corrected chi connectivity index (χ2v) is 7.78. The average Bonchev–Trinajstić information content (AvgIpc) is 3.54. The molecule has 0 radical (unpaired) electrons. The number of imidazole rings is 1. The van der Waals surface area contributed by atoms with Gasteiger partial charge in [0.25, 0.3) is 5.91 Å². The molecule has 0 fully saturated rings. The summed E-state index contributed by atoms with van der Waals surface area (Å²) in [4.78, 5) is 19.6. The summed E-state index contributed by atoms with van der Waals surface area (Å²) in [5.41, 5.74) is 5.05. The molecule has 170 valence electrons. The number of aromatic nitrogens is 6. The number of carbonyl (C=O) groups excluding carboxylic acids is 1. The van der Waals surface area contributed by atoms with Gasteiger partial charge in [-0.3, -0.25) is 14.6 Å². The SMILES string of the molecule is Cc1cc(C(=O)Nc2cc(Nc3ccc4c(C=Cc5cnc[nH]5)n[nH]c4c3)ccc2F)n(C)n1. The number of rotatable bonds is 6. The zero-order valence-corrected chi connectivity index (χ0v) is 18.4. The second kappa shape index (κ2) is 8.66. The van der Waals surface area contributed by atoms with Crippen LogP contribution in [0.15, 0.2) is 55.0 Å². The van der Waals surface area contributed by atoms with Gasteiger partial charge in [-0.15, -0.1) is 0 Å². The van der Waals surface area contributed by atoms with E-state index in [1.807, 2.05) is 30.4 Å². The van der Waals surface area contributed by atoms with Crippen LogP contribution in [0.2, 0.25) is 0 Å². The van der Waals surface area contributed by atoms with Crippen LogP contribution in [-0.2, 0) is 7.05 Å². The van der Waals surface area contributed by atoms with Crippen LogP contribution in [0.1, 0.15) is 27.6 Å². The number of fused-ring (bicyclic) bond motifs is 1. The lowest BCUT2D eigenvalue weighted by molar-refractivity contribution is 0.101. The normalized spacial score (nSPS) is 11.4. The Kier molecular flexibility index (Phi) is 5.38. The molecule has 34 heavy (non-hydrogen) atoms. The fourth-order valence-corrected chi connectivity index (χ4v) is 3.65. The standard InChI is InChI=1S/C24H21FN8O/c1-14-9-23(33(2)32-14)24(34)29-22-11-16(4-7-19(22)25)28-15-3-6-18-20(30-31-21(18)10-15)8-5-17-12-26-13-27-17/h3-13,28H,1-2H3,(H,26,27)(H,29,34)(H,30,31). The Hall–Kier alpha value is -4.73. The van der Waals surface area contributed by atoms with Gasteiger partial charge in [-0.2, -0.15) is 10.2 Å². The number of halogens is 1. The fraction of sp³-hybridized carbons (Fsp3) is 0.0833. The highest BCUT2D eigenvalue weighted by Gasteiger charge is 2.15. The van der Waals surface area contributed by atoms with Gasteiger partial charge in [0.05, 0.1) is 40.8 Å². The second-order valence-electron chi connectivity index (χ2n) is 7.78. The van der Waals surface area contributed by atoms with Crippen LogP contribution < -0.4 is 10.6 Å². The van der Waals surface area contributed by atoms with E-state index in [2.05, 4.69) is 35.9 Å². The van der Waals surface area contributed by atoms with E-state index in [0.717, 1.165) is 28.0 Å². The van der Waals surface area contributed by atoms with Crippen LogP contribution in [0.25, 0.3) is 23.1 Å². The largest absolute Gasteiger partial charge is 0.355 e. The summed E-state index contributed by atoms with van der Waals surface area (Å²) in [7, 11) is 1.67. The first kappa shape index (κ1) is 21.1. The van der Waals surface area contributed by atoms with Crippen LogP contribution in [0.5, 0.6) is 0 Å². The number of nitrogens with zero attached hydrogens (tertiary/aromatic N) is 4. The number of anilines is 3. The van der Waals surface area contributed by atoms with Gasteiger partial charge in [-0.25, -0.2) is 9.37 Å². The third-order valence-corrected chi connectivity index (χ3v) is 5.27. The number of hydrogen-bond donors (Lipinski definition) is 4. The number of nitrogens with one attached hydrogen (secondary N) is 4. The van der Waals surface area contributed by atoms with Gasteiger partial charge >= 0.3 is 0 Å². The summed E-state index contributed by atoms with van der Waals surface area (Å²) < 4.78 is 15.8. The first-order chi connectivity index (χ1) is 16.5. The maximum Gasteiger partial charge on any atom is 0.274 e. The third-order valence-electron chi connectivity index (χ3n) is 5.27. The molecule has 0 aliphatic carbocycles. The summed E-state index contributed by atoms with van der Waals surface area (Å²) in [5.74, 6) is -0.968. The van der Waals surface area contributed by atoms with Crippen LogP contribution in [0, 0.1) is 12.7 Å². The van der Waals surface area contributed by atoms with Gasteiger partial charge in [-0.05, 0) is 61.5 Å². The van der Waals surface area contributed by atoms with Crippen molar-refractivity contribution in [2.24, 2.45) is 7.05 Å². The fourth-order valence-electron chi connectivity index (χ4n) is 3.65. The monoisotopic (exact) mass is 456 g/mol. The van der Waals surface area contributed by atoms with E-state index in [-0.39, 0.29) is 5.69 Å². The van der Waals surface area contributed by atoms with E-state index in [0.29, 0.717) is 17.1 Å². The minimum Gasteiger partial charge on any atom is -0.355 e. The van der Waals surface area contributed by atoms with Crippen molar-refractivity contribution in [3.05, 3.63) is 83.6 Å². The molecule has 0 unspecified atom stereocenters. The Morgan fingerprint density at radius 2 is 1.94 bits per heavy atom. The van der Waals surface area contributed by atoms with Crippen LogP contribution in [0.3, 0.4) is 0 Å². The number of hydrogen-bond acceptors (Lipinski definition) is 5. The molecular formula is C24H21FN8O. The molecule has 1 amide bonds. The maximum absolute atomic E-state index is 14.4. The molecular weight excluding hydrogens is 435 g/mol. The first-order valence-corrected chi connectivity index (χ1v) is 10.5. The van der Waals surface area contributed by atoms with Crippen molar-refractivity contribution in [1.29, 1.82) is 0 Å². The molecule has 9 nitrogen and oxygen atoms in total. The van der Waals surface area contributed by atoms with Crippen molar-refractivity contribution in [2.45, 2.75) is 6.92 Å². The van der Waals surface area contributed by atoms with Gasteiger partial charge in [0.1, 0.15) is 11.5 Å². The smallest absolute Gasteiger partial charge is 0.274 e. The van der Waals surface area contributed by atoms with Gasteiger partial charge in [0, 0.05) is 23.8 Å². The van der Waals surface area contributed by atoms with Crippen molar-refractivity contribution < 1.29 is 9.18 Å². The van der Waals surface area contributed by atoms with E-state index >= 15 is 0 Å². The highest BCUT2D eigenvalue weighted by molar-refractivity contribution is 6.03. The highest BCUT2D eigenvalue weighted by atomic mass is 19.1. The maximum atomic E-state index is 14.4. The van der Waals surface area contributed by atoms with Crippen molar-refractivity contribution in [3.63, 3.8) is 0 Å². The Morgan fingerprint density at radius 1 is 1.12 bits per heavy atom. The quantitative estimate of drug-likeness (QED) is 0.297. The van der Waals surface area contributed by atoms with E-state index < -0.39 is 11.7 Å². The molecule has 5 aromatic rings. The van der Waals surface area contributed by atoms with Crippen molar-refractivity contribution >= 4 is 46.0 Å². The Labute approximate surface area is 193 Å². The zero-order valence-electron chi connectivity index (χ0n) is 18.4. The molecule has 0 bridgehead atoms. The predicted octanol–water partition coefficient (Wildman–Crippen LogP) is 4.63. The molecule has 3 aromatic heterocycles. The Morgan fingerprint density at radius 3 is 2.71 bits per heavy atom. The molecule has 3 heterocycles. The minimum atomic E-state index is -0.532. The Bertz CT molecular complexity index is 1510. The molecule has 0 spiro atoms. The van der Waals surface area contributed by atoms with Gasteiger partial charge in [-0.1, -0.05) is 0 Å². The molecule has 2 aromatic carbocycles. The predicted molar refractivity (Wildman–Crippen MR) is 129 cm³/mol. The number of amides is 1. The molecule has 10 heteroatoms. The Balaban J connectivity index is 1.34. The van der Waals surface area contributed by atoms with Crippen LogP contribution >= 0.6 is 0 Å². The van der Waals surface area contributed by atoms with Gasteiger partial charge < -0.3 is 15.6 Å². The summed E-state index contributed by atoms with van der Waals surface area (Å²) in [6, 6.07) is 11.9. The number of H-pyrrole nitrogens is 2. The van der Waals surface area contributed by atoms with Crippen molar-refractivity contribution in [1.82, 2.24) is 29.9 Å². The van der Waals surface area contributed by atoms with Crippen LogP contribution in [0.4, 0.5) is 21.5 Å². The van der Waals surface area contributed by atoms with Crippen molar-refractivity contribution in [2.75, 3.05) is 10.6 Å². The third kappa shape index (κ3) is 4.29. The molecule has 4 N–H and O–H groups in total. The average molecular weight is 456 g/mol. The number of carbonyl (C=O) groups is 1. The van der Waals surface area contributed by atoms with Gasteiger partial charge in [0.2, 0.25) is 0 Å². The lowest BCUT2D eigenvalue weighted by Crippen LogP contribution is -2.17. The molecule has 5 rings (SSSR count). The molecule has 0 atom stereocenters. The van der Waals surface area contributed by atoms with E-state index in [9.17, 15) is 9.18 Å². The molecule has 0 saturated carbocycles. The summed E-state index contributed by atoms with van der Waals surface area (Å²) >= 11 is 0. The summed E-state index contributed by atoms with van der Waals surface area (Å²) in [6.07, 6.45) is 7.14. The van der Waals surface area contributed by atoms with E-state index in [4.69, 9.17) is 0 Å². The molecule has 0 aliphatic heterocycles. The molecule has 0 aliphatic rings. The minimum absolute atomic E-state index is 0.0719. The first-order valence-electron chi connectivity index (χ1n) is 10.5. The lowest BCUT2D eigenvalue weighted by Gasteiger charge is -2.11. The van der Waals surface area contributed by atoms with E-state index in [1.54, 1.807) is 44.7 Å². The number of benzene rings is 2. The van der Waals surface area contributed by atoms with Crippen molar-refractivity contribution in [3.8, 4) is 0 Å². The lowest BCUT2D eigenvalue weighted by atomic mass is 10.1. The zero-order chi connectivity index (χ0) is 23.7. The van der Waals surface area contributed by atoms with E-state index in [1.165, 1.54) is 10.7 Å². The summed E-state index contributed by atoms with van der Waals surface area (Å²) in [5, 5.41) is 18.4.